The number of benzene rings is 1. The van der Waals surface area contributed by atoms with E-state index in [2.05, 4.69) is 15.4 Å². The van der Waals surface area contributed by atoms with Crippen molar-refractivity contribution >= 4 is 11.7 Å². The molecule has 2 aromatic rings. The molecule has 0 spiro atoms. The maximum Gasteiger partial charge on any atom is 0.321 e. The molecule has 0 unspecified atom stereocenters. The summed E-state index contributed by atoms with van der Waals surface area (Å²) in [7, 11) is 0. The summed E-state index contributed by atoms with van der Waals surface area (Å²) in [5, 5.41) is 6.81. The molecule has 1 N–H and O–H groups in total. The Kier molecular flexibility index (Phi) is 4.96. The lowest BCUT2D eigenvalue weighted by atomic mass is 9.97. The largest absolute Gasteiger partial charge is 0.325 e. The van der Waals surface area contributed by atoms with Crippen molar-refractivity contribution in [3.05, 3.63) is 42.5 Å². The molecule has 3 rings (SSSR count). The van der Waals surface area contributed by atoms with Crippen molar-refractivity contribution < 1.29 is 13.6 Å². The molecule has 134 valence electrons. The summed E-state index contributed by atoms with van der Waals surface area (Å²) in [6.07, 6.45) is 4.95. The molecule has 1 aromatic heterocycles. The number of aromatic nitrogens is 3. The first-order valence-corrected chi connectivity index (χ1v) is 8.28. The molecule has 1 aliphatic heterocycles. The van der Waals surface area contributed by atoms with Gasteiger partial charge in [0.25, 0.3) is 5.92 Å². The summed E-state index contributed by atoms with van der Waals surface area (Å²) in [5.74, 6) is -2.48. The Morgan fingerprint density at radius 2 is 2.12 bits per heavy atom. The number of piperidine rings is 1. The standard InChI is InChI=1S/C17H21F2N5O/c1-17(18,19)14-3-2-4-15(9-14)22-16(25)23-7-5-13(6-8-23)10-24-12-20-11-21-24/h2-4,9,11-13H,5-8,10H2,1H3,(H,22,25). The van der Waals surface area contributed by atoms with Gasteiger partial charge in [0, 0.05) is 37.8 Å². The molecule has 0 atom stereocenters. The third-order valence-corrected chi connectivity index (χ3v) is 4.43. The van der Waals surface area contributed by atoms with Gasteiger partial charge in [0.15, 0.2) is 0 Å². The fourth-order valence-corrected chi connectivity index (χ4v) is 2.98. The van der Waals surface area contributed by atoms with Crippen LogP contribution in [0.15, 0.2) is 36.9 Å². The van der Waals surface area contributed by atoms with Crippen molar-refractivity contribution in [3.63, 3.8) is 0 Å². The summed E-state index contributed by atoms with van der Waals surface area (Å²) in [5.41, 5.74) is 0.269. The number of amides is 2. The lowest BCUT2D eigenvalue weighted by Crippen LogP contribution is -2.41. The second kappa shape index (κ2) is 7.16. The summed E-state index contributed by atoms with van der Waals surface area (Å²) in [6.45, 7) is 2.90. The average Bonchev–Trinajstić information content (AvgIpc) is 3.08. The van der Waals surface area contributed by atoms with Gasteiger partial charge in [-0.25, -0.2) is 18.6 Å². The van der Waals surface area contributed by atoms with E-state index in [0.717, 1.165) is 26.3 Å². The number of alkyl halides is 2. The van der Waals surface area contributed by atoms with Crippen LogP contribution in [0.2, 0.25) is 0 Å². The van der Waals surface area contributed by atoms with Crippen molar-refractivity contribution in [1.82, 2.24) is 19.7 Å². The van der Waals surface area contributed by atoms with Gasteiger partial charge in [-0.2, -0.15) is 5.10 Å². The summed E-state index contributed by atoms with van der Waals surface area (Å²) in [4.78, 5) is 18.0. The Morgan fingerprint density at radius 3 is 2.76 bits per heavy atom. The van der Waals surface area contributed by atoms with E-state index in [1.165, 1.54) is 24.5 Å². The van der Waals surface area contributed by atoms with Crippen molar-refractivity contribution in [2.24, 2.45) is 5.92 Å². The zero-order chi connectivity index (χ0) is 17.9. The van der Waals surface area contributed by atoms with E-state index in [4.69, 9.17) is 0 Å². The Labute approximate surface area is 144 Å². The highest BCUT2D eigenvalue weighted by molar-refractivity contribution is 5.89. The van der Waals surface area contributed by atoms with Crippen LogP contribution in [0.1, 0.15) is 25.3 Å². The Balaban J connectivity index is 1.53. The van der Waals surface area contributed by atoms with Crippen LogP contribution < -0.4 is 5.32 Å². The zero-order valence-corrected chi connectivity index (χ0v) is 14.0. The number of anilines is 1. The lowest BCUT2D eigenvalue weighted by Gasteiger charge is -2.32. The van der Waals surface area contributed by atoms with Crippen LogP contribution in [0.4, 0.5) is 19.3 Å². The first-order valence-electron chi connectivity index (χ1n) is 8.28. The van der Waals surface area contributed by atoms with Gasteiger partial charge in [-0.1, -0.05) is 12.1 Å². The minimum atomic E-state index is -2.93. The van der Waals surface area contributed by atoms with Crippen molar-refractivity contribution in [3.8, 4) is 0 Å². The van der Waals surface area contributed by atoms with Crippen molar-refractivity contribution in [2.75, 3.05) is 18.4 Å². The Hall–Kier alpha value is -2.51. The fourth-order valence-electron chi connectivity index (χ4n) is 2.98. The van der Waals surface area contributed by atoms with Gasteiger partial charge in [-0.3, -0.25) is 4.68 Å². The number of rotatable bonds is 4. The third-order valence-electron chi connectivity index (χ3n) is 4.43. The molecule has 0 radical (unpaired) electrons. The highest BCUT2D eigenvalue weighted by atomic mass is 19.3. The molecule has 1 saturated heterocycles. The van der Waals surface area contributed by atoms with Crippen molar-refractivity contribution in [2.45, 2.75) is 32.2 Å². The molecular weight excluding hydrogens is 328 g/mol. The van der Waals surface area contributed by atoms with Crippen LogP contribution in [0.3, 0.4) is 0 Å². The van der Waals surface area contributed by atoms with Gasteiger partial charge in [0.05, 0.1) is 0 Å². The topological polar surface area (TPSA) is 63.1 Å². The highest BCUT2D eigenvalue weighted by Gasteiger charge is 2.26. The number of urea groups is 1. The summed E-state index contributed by atoms with van der Waals surface area (Å²) >= 11 is 0. The smallest absolute Gasteiger partial charge is 0.321 e. The third kappa shape index (κ3) is 4.52. The molecular formula is C17H21F2N5O. The predicted octanol–water partition coefficient (Wildman–Crippen LogP) is 3.33. The first-order chi connectivity index (χ1) is 11.9. The number of carbonyl (C=O) groups excluding carboxylic acids is 1. The molecule has 0 saturated carbocycles. The first kappa shape index (κ1) is 17.3. The second-order valence-corrected chi connectivity index (χ2v) is 6.45. The van der Waals surface area contributed by atoms with Gasteiger partial charge in [-0.05, 0) is 30.9 Å². The second-order valence-electron chi connectivity index (χ2n) is 6.45. The van der Waals surface area contributed by atoms with Crippen LogP contribution in [-0.2, 0) is 12.5 Å². The molecule has 25 heavy (non-hydrogen) atoms. The number of likely N-dealkylation sites (tertiary alicyclic amines) is 1. The van der Waals surface area contributed by atoms with E-state index in [9.17, 15) is 13.6 Å². The number of hydrogen-bond acceptors (Lipinski definition) is 3. The van der Waals surface area contributed by atoms with Gasteiger partial charge in [0.2, 0.25) is 0 Å². The molecule has 0 aliphatic carbocycles. The fraction of sp³-hybridized carbons (Fsp3) is 0.471. The average molecular weight is 349 g/mol. The van der Waals surface area contributed by atoms with Crippen molar-refractivity contribution in [1.29, 1.82) is 0 Å². The molecule has 8 heteroatoms. The normalized spacial score (nSPS) is 16.0. The maximum absolute atomic E-state index is 13.4. The van der Waals surface area contributed by atoms with E-state index in [0.29, 0.717) is 24.7 Å². The SMILES string of the molecule is CC(F)(F)c1cccc(NC(=O)N2CCC(Cn3cncn3)CC2)c1. The maximum atomic E-state index is 13.4. The van der Waals surface area contributed by atoms with Crippen LogP contribution in [0.25, 0.3) is 0 Å². The van der Waals surface area contributed by atoms with Crippen LogP contribution in [0, 0.1) is 5.92 Å². The van der Waals surface area contributed by atoms with Crippen LogP contribution in [0.5, 0.6) is 0 Å². The summed E-state index contributed by atoms with van der Waals surface area (Å²) < 4.78 is 28.6. The van der Waals surface area contributed by atoms with E-state index >= 15 is 0 Å². The number of nitrogens with one attached hydrogen (secondary N) is 1. The van der Waals surface area contributed by atoms with E-state index in [1.807, 2.05) is 0 Å². The Bertz CT molecular complexity index is 706. The quantitative estimate of drug-likeness (QED) is 0.921. The summed E-state index contributed by atoms with van der Waals surface area (Å²) in [6, 6.07) is 5.55. The molecule has 0 bridgehead atoms. The van der Waals surface area contributed by atoms with Gasteiger partial charge in [0.1, 0.15) is 12.7 Å². The van der Waals surface area contributed by atoms with E-state index in [-0.39, 0.29) is 11.6 Å². The van der Waals surface area contributed by atoms with E-state index in [1.54, 1.807) is 22.0 Å². The Morgan fingerprint density at radius 1 is 1.36 bits per heavy atom. The van der Waals surface area contributed by atoms with Gasteiger partial charge >= 0.3 is 6.03 Å². The van der Waals surface area contributed by atoms with E-state index < -0.39 is 5.92 Å². The molecule has 1 aromatic carbocycles. The zero-order valence-electron chi connectivity index (χ0n) is 14.0. The monoisotopic (exact) mass is 349 g/mol. The molecule has 1 fully saturated rings. The molecule has 2 amide bonds. The number of halogens is 2. The lowest BCUT2D eigenvalue weighted by molar-refractivity contribution is 0.0175. The van der Waals surface area contributed by atoms with Crippen LogP contribution >= 0.6 is 0 Å². The highest BCUT2D eigenvalue weighted by Crippen LogP contribution is 2.28. The predicted molar refractivity (Wildman–Crippen MR) is 89.3 cm³/mol. The van der Waals surface area contributed by atoms with Crippen LogP contribution in [-0.4, -0.2) is 38.8 Å². The minimum absolute atomic E-state index is 0.114. The molecule has 1 aliphatic rings. The number of nitrogens with zero attached hydrogens (tertiary/aromatic N) is 4. The molecule has 2 heterocycles. The molecule has 6 nitrogen and oxygen atoms in total. The number of hydrogen-bond donors (Lipinski definition) is 1. The minimum Gasteiger partial charge on any atom is -0.325 e. The number of carbonyl (C=O) groups is 1. The van der Waals surface area contributed by atoms with Gasteiger partial charge < -0.3 is 10.2 Å². The van der Waals surface area contributed by atoms with Gasteiger partial charge in [-0.15, -0.1) is 0 Å².